The first-order chi connectivity index (χ1) is 10.1. The highest BCUT2D eigenvalue weighted by Crippen LogP contribution is 2.31. The summed E-state index contributed by atoms with van der Waals surface area (Å²) in [6, 6.07) is 8.53. The SMILES string of the molecule is CCOC(=O)N/N=C/c1ccc(-c2cc(Cl)ccc2Cl)o1. The van der Waals surface area contributed by atoms with E-state index in [4.69, 9.17) is 27.6 Å². The third-order valence-electron chi connectivity index (χ3n) is 2.44. The summed E-state index contributed by atoms with van der Waals surface area (Å²) >= 11 is 12.0. The fourth-order valence-electron chi connectivity index (χ4n) is 1.57. The van der Waals surface area contributed by atoms with Crippen LogP contribution in [0.15, 0.2) is 39.9 Å². The van der Waals surface area contributed by atoms with Crippen molar-refractivity contribution in [3.63, 3.8) is 0 Å². The van der Waals surface area contributed by atoms with Crippen LogP contribution in [0.1, 0.15) is 12.7 Å². The van der Waals surface area contributed by atoms with E-state index in [0.717, 1.165) is 0 Å². The number of carbonyl (C=O) groups is 1. The topological polar surface area (TPSA) is 63.8 Å². The monoisotopic (exact) mass is 326 g/mol. The Kier molecular flexibility index (Phi) is 5.25. The largest absolute Gasteiger partial charge is 0.455 e. The number of hydrogen-bond acceptors (Lipinski definition) is 4. The Morgan fingerprint density at radius 2 is 2.19 bits per heavy atom. The number of nitrogens with zero attached hydrogens (tertiary/aromatic N) is 1. The summed E-state index contributed by atoms with van der Waals surface area (Å²) in [6.07, 6.45) is 0.734. The Labute approximate surface area is 131 Å². The predicted molar refractivity (Wildman–Crippen MR) is 81.9 cm³/mol. The lowest BCUT2D eigenvalue weighted by atomic mass is 10.2. The molecule has 0 aliphatic heterocycles. The lowest BCUT2D eigenvalue weighted by Gasteiger charge is -2.01. The van der Waals surface area contributed by atoms with Crippen molar-refractivity contribution in [3.8, 4) is 11.3 Å². The van der Waals surface area contributed by atoms with Crippen LogP contribution in [0, 0.1) is 0 Å². The zero-order valence-corrected chi connectivity index (χ0v) is 12.6. The molecule has 0 saturated heterocycles. The molecule has 0 aliphatic rings. The smallest absolute Gasteiger partial charge is 0.427 e. The van der Waals surface area contributed by atoms with Crippen molar-refractivity contribution < 1.29 is 13.9 Å². The number of carbonyl (C=O) groups excluding carboxylic acids is 1. The van der Waals surface area contributed by atoms with Gasteiger partial charge in [-0.3, -0.25) is 0 Å². The second-order valence-corrected chi connectivity index (χ2v) is 4.76. The van der Waals surface area contributed by atoms with Gasteiger partial charge in [0.05, 0.1) is 17.8 Å². The summed E-state index contributed by atoms with van der Waals surface area (Å²) in [4.78, 5) is 11.0. The van der Waals surface area contributed by atoms with Gasteiger partial charge in [0.1, 0.15) is 11.5 Å². The molecule has 0 spiro atoms. The van der Waals surface area contributed by atoms with Crippen molar-refractivity contribution in [2.24, 2.45) is 5.10 Å². The molecule has 0 saturated carbocycles. The van der Waals surface area contributed by atoms with Crippen LogP contribution in [-0.2, 0) is 4.74 Å². The van der Waals surface area contributed by atoms with Gasteiger partial charge in [-0.1, -0.05) is 23.2 Å². The lowest BCUT2D eigenvalue weighted by molar-refractivity contribution is 0.152. The Bertz CT molecular complexity index is 668. The van der Waals surface area contributed by atoms with Crippen molar-refractivity contribution in [3.05, 3.63) is 46.1 Å². The highest BCUT2D eigenvalue weighted by Gasteiger charge is 2.08. The molecule has 1 amide bonds. The van der Waals surface area contributed by atoms with Crippen LogP contribution >= 0.6 is 23.2 Å². The summed E-state index contributed by atoms with van der Waals surface area (Å²) < 4.78 is 10.2. The van der Waals surface area contributed by atoms with E-state index in [-0.39, 0.29) is 6.61 Å². The zero-order valence-electron chi connectivity index (χ0n) is 11.1. The number of ether oxygens (including phenoxy) is 1. The average molecular weight is 327 g/mol. The van der Waals surface area contributed by atoms with Gasteiger partial charge in [-0.25, -0.2) is 10.2 Å². The maximum absolute atomic E-state index is 11.0. The first-order valence-electron chi connectivity index (χ1n) is 6.11. The van der Waals surface area contributed by atoms with E-state index in [0.29, 0.717) is 27.1 Å². The molecule has 0 unspecified atom stereocenters. The van der Waals surface area contributed by atoms with E-state index in [9.17, 15) is 4.79 Å². The van der Waals surface area contributed by atoms with Crippen LogP contribution in [0.25, 0.3) is 11.3 Å². The van der Waals surface area contributed by atoms with Gasteiger partial charge in [0.25, 0.3) is 0 Å². The molecule has 2 aromatic rings. The minimum atomic E-state index is -0.626. The normalized spacial score (nSPS) is 10.8. The first kappa shape index (κ1) is 15.4. The van der Waals surface area contributed by atoms with Crippen molar-refractivity contribution in [2.45, 2.75) is 6.92 Å². The molecular formula is C14H12Cl2N2O3. The number of hydrazone groups is 1. The molecule has 0 aliphatic carbocycles. The van der Waals surface area contributed by atoms with Gasteiger partial charge in [-0.05, 0) is 37.3 Å². The summed E-state index contributed by atoms with van der Waals surface area (Å²) in [5.41, 5.74) is 2.89. The molecule has 1 aromatic carbocycles. The van der Waals surface area contributed by atoms with Crippen LogP contribution < -0.4 is 5.43 Å². The summed E-state index contributed by atoms with van der Waals surface area (Å²) in [5, 5.41) is 4.79. The van der Waals surface area contributed by atoms with Crippen molar-refractivity contribution in [2.75, 3.05) is 6.61 Å². The number of halogens is 2. The van der Waals surface area contributed by atoms with Gasteiger partial charge in [-0.15, -0.1) is 0 Å². The van der Waals surface area contributed by atoms with Crippen molar-refractivity contribution in [1.82, 2.24) is 5.43 Å². The van der Waals surface area contributed by atoms with Gasteiger partial charge >= 0.3 is 6.09 Å². The van der Waals surface area contributed by atoms with Crippen LogP contribution in [0.4, 0.5) is 4.79 Å². The quantitative estimate of drug-likeness (QED) is 0.671. The molecule has 0 radical (unpaired) electrons. The molecule has 0 bridgehead atoms. The highest BCUT2D eigenvalue weighted by molar-refractivity contribution is 6.35. The molecule has 1 aromatic heterocycles. The third-order valence-corrected chi connectivity index (χ3v) is 3.01. The van der Waals surface area contributed by atoms with E-state index in [1.807, 2.05) is 0 Å². The zero-order chi connectivity index (χ0) is 15.2. The fourth-order valence-corrected chi connectivity index (χ4v) is 1.95. The Morgan fingerprint density at radius 3 is 2.95 bits per heavy atom. The molecule has 21 heavy (non-hydrogen) atoms. The van der Waals surface area contributed by atoms with E-state index < -0.39 is 6.09 Å². The maximum atomic E-state index is 11.0. The van der Waals surface area contributed by atoms with Crippen molar-refractivity contribution >= 4 is 35.5 Å². The maximum Gasteiger partial charge on any atom is 0.427 e. The summed E-state index contributed by atoms with van der Waals surface area (Å²) in [6.45, 7) is 1.98. The van der Waals surface area contributed by atoms with Gasteiger partial charge in [-0.2, -0.15) is 5.10 Å². The van der Waals surface area contributed by atoms with Gasteiger partial charge < -0.3 is 9.15 Å². The first-order valence-corrected chi connectivity index (χ1v) is 6.87. The molecule has 1 N–H and O–H groups in total. The second-order valence-electron chi connectivity index (χ2n) is 3.92. The molecule has 5 nitrogen and oxygen atoms in total. The third kappa shape index (κ3) is 4.24. The van der Waals surface area contributed by atoms with E-state index in [1.165, 1.54) is 6.21 Å². The average Bonchev–Trinajstić information content (AvgIpc) is 2.90. The summed E-state index contributed by atoms with van der Waals surface area (Å²) in [5.74, 6) is 1.01. The minimum Gasteiger partial charge on any atom is -0.455 e. The standard InChI is InChI=1S/C14H12Cl2N2O3/c1-2-20-14(19)18-17-8-10-4-6-13(21-10)11-7-9(15)3-5-12(11)16/h3-8H,2H2,1H3,(H,18,19)/b17-8+. The van der Waals surface area contributed by atoms with Crippen LogP contribution in [-0.4, -0.2) is 18.9 Å². The molecule has 110 valence electrons. The lowest BCUT2D eigenvalue weighted by Crippen LogP contribution is -2.18. The number of hydrogen-bond donors (Lipinski definition) is 1. The Balaban J connectivity index is 2.09. The predicted octanol–water partition coefficient (Wildman–Crippen LogP) is 4.33. The number of nitrogens with one attached hydrogen (secondary N) is 1. The van der Waals surface area contributed by atoms with Crippen molar-refractivity contribution in [1.29, 1.82) is 0 Å². The number of amides is 1. The minimum absolute atomic E-state index is 0.277. The molecular weight excluding hydrogens is 315 g/mol. The molecule has 1 heterocycles. The molecule has 0 fully saturated rings. The van der Waals surface area contributed by atoms with Gasteiger partial charge in [0, 0.05) is 10.6 Å². The highest BCUT2D eigenvalue weighted by atomic mass is 35.5. The molecule has 0 atom stereocenters. The number of rotatable bonds is 4. The Morgan fingerprint density at radius 1 is 1.38 bits per heavy atom. The van der Waals surface area contributed by atoms with Crippen LogP contribution in [0.3, 0.4) is 0 Å². The fraction of sp³-hybridized carbons (Fsp3) is 0.143. The van der Waals surface area contributed by atoms with Gasteiger partial charge in [0.2, 0.25) is 0 Å². The van der Waals surface area contributed by atoms with E-state index >= 15 is 0 Å². The molecule has 7 heteroatoms. The Hall–Kier alpha value is -1.98. The van der Waals surface area contributed by atoms with Crippen LogP contribution in [0.5, 0.6) is 0 Å². The van der Waals surface area contributed by atoms with Crippen LogP contribution in [0.2, 0.25) is 10.0 Å². The van der Waals surface area contributed by atoms with E-state index in [1.54, 1.807) is 37.3 Å². The van der Waals surface area contributed by atoms with E-state index in [2.05, 4.69) is 15.3 Å². The van der Waals surface area contributed by atoms with Gasteiger partial charge in [0.15, 0.2) is 0 Å². The molecule has 2 rings (SSSR count). The summed E-state index contributed by atoms with van der Waals surface area (Å²) in [7, 11) is 0. The number of benzene rings is 1. The second kappa shape index (κ2) is 7.15. The number of furan rings is 1.